The van der Waals surface area contributed by atoms with Gasteiger partial charge in [0.2, 0.25) is 5.91 Å². The zero-order chi connectivity index (χ0) is 19.1. The Hall–Kier alpha value is -1.51. The molecule has 0 aliphatic carbocycles. The molecule has 0 aromatic carbocycles. The molecule has 1 atom stereocenters. The fourth-order valence-electron chi connectivity index (χ4n) is 4.29. The number of aromatic nitrogens is 3. The van der Waals surface area contributed by atoms with Crippen molar-refractivity contribution in [1.82, 2.24) is 29.9 Å². The summed E-state index contributed by atoms with van der Waals surface area (Å²) in [7, 11) is 1.66. The van der Waals surface area contributed by atoms with Crippen LogP contribution in [0.3, 0.4) is 0 Å². The first kappa shape index (κ1) is 20.2. The Kier molecular flexibility index (Phi) is 7.60. The van der Waals surface area contributed by atoms with Crippen LogP contribution in [0.15, 0.2) is 6.33 Å². The number of amides is 1. The van der Waals surface area contributed by atoms with E-state index in [9.17, 15) is 4.79 Å². The van der Waals surface area contributed by atoms with Gasteiger partial charge in [-0.1, -0.05) is 0 Å². The van der Waals surface area contributed by atoms with Crippen LogP contribution in [0, 0.1) is 5.92 Å². The van der Waals surface area contributed by atoms with Crippen molar-refractivity contribution in [2.24, 2.45) is 5.92 Å². The topological polar surface area (TPSA) is 75.5 Å². The Balaban J connectivity index is 1.44. The van der Waals surface area contributed by atoms with Gasteiger partial charge in [-0.2, -0.15) is 5.10 Å². The molecule has 152 valence electrons. The van der Waals surface area contributed by atoms with Gasteiger partial charge in [0.1, 0.15) is 12.2 Å². The minimum atomic E-state index is 0.122. The van der Waals surface area contributed by atoms with Gasteiger partial charge in [0.15, 0.2) is 0 Å². The lowest BCUT2D eigenvalue weighted by atomic mass is 9.93. The van der Waals surface area contributed by atoms with Gasteiger partial charge in [-0.3, -0.25) is 14.6 Å². The zero-order valence-corrected chi connectivity index (χ0v) is 16.8. The van der Waals surface area contributed by atoms with Crippen LogP contribution in [0.4, 0.5) is 0 Å². The molecule has 1 amide bonds. The molecule has 2 aliphatic heterocycles. The van der Waals surface area contributed by atoms with E-state index in [-0.39, 0.29) is 11.8 Å². The number of carbonyl (C=O) groups excluding carboxylic acids is 1. The van der Waals surface area contributed by atoms with Crippen LogP contribution in [-0.2, 0) is 22.6 Å². The molecular formula is C19H34N6O2. The van der Waals surface area contributed by atoms with E-state index in [4.69, 9.17) is 4.74 Å². The summed E-state index contributed by atoms with van der Waals surface area (Å²) < 4.78 is 6.99. The molecule has 0 saturated carbocycles. The number of ether oxygens (including phenoxy) is 1. The molecule has 27 heavy (non-hydrogen) atoms. The SMILES string of the molecule is CCn1ncnc1CN1CCC(N2CCC[C@@H](C(=O)NCCOC)C2)CC1. The first-order valence-electron chi connectivity index (χ1n) is 10.3. The van der Waals surface area contributed by atoms with Gasteiger partial charge in [-0.25, -0.2) is 9.67 Å². The maximum atomic E-state index is 12.4. The van der Waals surface area contributed by atoms with Crippen molar-refractivity contribution in [1.29, 1.82) is 0 Å². The van der Waals surface area contributed by atoms with Gasteiger partial charge in [0, 0.05) is 45.9 Å². The molecule has 2 fully saturated rings. The lowest BCUT2D eigenvalue weighted by Crippen LogP contribution is -2.50. The van der Waals surface area contributed by atoms with Crippen molar-refractivity contribution in [3.8, 4) is 0 Å². The minimum absolute atomic E-state index is 0.122. The highest BCUT2D eigenvalue weighted by molar-refractivity contribution is 5.78. The van der Waals surface area contributed by atoms with Crippen molar-refractivity contribution in [3.63, 3.8) is 0 Å². The highest BCUT2D eigenvalue weighted by Crippen LogP contribution is 2.24. The molecule has 2 aliphatic rings. The standard InChI is InChI=1S/C19H34N6O2/c1-3-25-18(21-15-22-25)14-23-10-6-17(7-11-23)24-9-4-5-16(13-24)19(26)20-8-12-27-2/h15-17H,3-14H2,1-2H3,(H,20,26)/t16-/m1/s1. The second-order valence-electron chi connectivity index (χ2n) is 7.62. The number of nitrogens with one attached hydrogen (secondary N) is 1. The van der Waals surface area contributed by atoms with Gasteiger partial charge >= 0.3 is 0 Å². The lowest BCUT2D eigenvalue weighted by Gasteiger charge is -2.42. The summed E-state index contributed by atoms with van der Waals surface area (Å²) in [6, 6.07) is 0.597. The molecule has 3 rings (SSSR count). The quantitative estimate of drug-likeness (QED) is 0.673. The minimum Gasteiger partial charge on any atom is -0.383 e. The Labute approximate surface area is 162 Å². The number of carbonyl (C=O) groups is 1. The third kappa shape index (κ3) is 5.49. The second-order valence-corrected chi connectivity index (χ2v) is 7.62. The summed E-state index contributed by atoms with van der Waals surface area (Å²) >= 11 is 0. The summed E-state index contributed by atoms with van der Waals surface area (Å²) in [4.78, 5) is 21.8. The van der Waals surface area contributed by atoms with E-state index < -0.39 is 0 Å². The Morgan fingerprint density at radius 3 is 2.85 bits per heavy atom. The van der Waals surface area contributed by atoms with Crippen LogP contribution in [0.2, 0.25) is 0 Å². The molecule has 1 N–H and O–H groups in total. The molecule has 8 nitrogen and oxygen atoms in total. The van der Waals surface area contributed by atoms with E-state index in [0.717, 1.165) is 70.8 Å². The van der Waals surface area contributed by atoms with Crippen LogP contribution in [-0.4, -0.2) is 83.0 Å². The Morgan fingerprint density at radius 2 is 2.11 bits per heavy atom. The largest absolute Gasteiger partial charge is 0.383 e. The number of nitrogens with zero attached hydrogens (tertiary/aromatic N) is 5. The summed E-state index contributed by atoms with van der Waals surface area (Å²) in [5.74, 6) is 1.37. The van der Waals surface area contributed by atoms with E-state index in [1.165, 1.54) is 0 Å². The Bertz CT molecular complexity index is 585. The maximum absolute atomic E-state index is 12.4. The molecule has 2 saturated heterocycles. The number of hydrogen-bond donors (Lipinski definition) is 1. The lowest BCUT2D eigenvalue weighted by molar-refractivity contribution is -0.127. The first-order valence-corrected chi connectivity index (χ1v) is 10.3. The van der Waals surface area contributed by atoms with Crippen LogP contribution in [0.25, 0.3) is 0 Å². The van der Waals surface area contributed by atoms with Crippen LogP contribution in [0.5, 0.6) is 0 Å². The molecule has 8 heteroatoms. The number of hydrogen-bond acceptors (Lipinski definition) is 6. The van der Waals surface area contributed by atoms with Crippen LogP contribution < -0.4 is 5.32 Å². The van der Waals surface area contributed by atoms with E-state index in [1.807, 2.05) is 4.68 Å². The third-order valence-electron chi connectivity index (χ3n) is 5.86. The summed E-state index contributed by atoms with van der Waals surface area (Å²) in [5, 5.41) is 7.27. The van der Waals surface area contributed by atoms with E-state index in [1.54, 1.807) is 13.4 Å². The van der Waals surface area contributed by atoms with E-state index in [0.29, 0.717) is 19.2 Å². The highest BCUT2D eigenvalue weighted by Gasteiger charge is 2.31. The molecule has 0 bridgehead atoms. The fourth-order valence-corrected chi connectivity index (χ4v) is 4.29. The van der Waals surface area contributed by atoms with Crippen LogP contribution in [0.1, 0.15) is 38.4 Å². The molecule has 0 unspecified atom stereocenters. The normalized spacial score (nSPS) is 22.8. The summed E-state index contributed by atoms with van der Waals surface area (Å²) in [5.41, 5.74) is 0. The Morgan fingerprint density at radius 1 is 1.30 bits per heavy atom. The monoisotopic (exact) mass is 378 g/mol. The fraction of sp³-hybridized carbons (Fsp3) is 0.842. The van der Waals surface area contributed by atoms with Crippen molar-refractivity contribution in [3.05, 3.63) is 12.2 Å². The predicted molar refractivity (Wildman–Crippen MR) is 103 cm³/mol. The average Bonchev–Trinajstić information content (AvgIpc) is 3.16. The number of methoxy groups -OCH3 is 1. The summed E-state index contributed by atoms with van der Waals surface area (Å²) in [6.07, 6.45) is 6.09. The number of rotatable bonds is 8. The predicted octanol–water partition coefficient (Wildman–Crippen LogP) is 0.737. The van der Waals surface area contributed by atoms with Gasteiger partial charge in [0.25, 0.3) is 0 Å². The van der Waals surface area contributed by atoms with Crippen molar-refractivity contribution in [2.45, 2.75) is 51.7 Å². The van der Waals surface area contributed by atoms with Gasteiger partial charge < -0.3 is 10.1 Å². The van der Waals surface area contributed by atoms with Crippen LogP contribution >= 0.6 is 0 Å². The van der Waals surface area contributed by atoms with Gasteiger partial charge in [0.05, 0.1) is 19.1 Å². The van der Waals surface area contributed by atoms with Gasteiger partial charge in [-0.15, -0.1) is 0 Å². The third-order valence-corrected chi connectivity index (χ3v) is 5.86. The summed E-state index contributed by atoms with van der Waals surface area (Å²) in [6.45, 7) is 9.22. The maximum Gasteiger partial charge on any atom is 0.224 e. The van der Waals surface area contributed by atoms with E-state index >= 15 is 0 Å². The molecule has 1 aromatic heterocycles. The molecule has 1 aromatic rings. The average molecular weight is 379 g/mol. The molecule has 0 spiro atoms. The van der Waals surface area contributed by atoms with Crippen molar-refractivity contribution in [2.75, 3.05) is 46.4 Å². The number of likely N-dealkylation sites (tertiary alicyclic amines) is 2. The van der Waals surface area contributed by atoms with E-state index in [2.05, 4.69) is 32.1 Å². The number of piperidine rings is 2. The highest BCUT2D eigenvalue weighted by atomic mass is 16.5. The smallest absolute Gasteiger partial charge is 0.224 e. The first-order chi connectivity index (χ1) is 13.2. The second kappa shape index (κ2) is 10.1. The molecule has 0 radical (unpaired) electrons. The van der Waals surface area contributed by atoms with Gasteiger partial charge in [-0.05, 0) is 39.2 Å². The van der Waals surface area contributed by atoms with Crippen molar-refractivity contribution >= 4 is 5.91 Å². The molecule has 3 heterocycles. The van der Waals surface area contributed by atoms with Crippen molar-refractivity contribution < 1.29 is 9.53 Å². The number of aryl methyl sites for hydroxylation is 1. The zero-order valence-electron chi connectivity index (χ0n) is 16.8. The molecular weight excluding hydrogens is 344 g/mol.